The fraction of sp³-hybridized carbons (Fsp3) is 0.571. The summed E-state index contributed by atoms with van der Waals surface area (Å²) < 4.78 is 43.1. The topological polar surface area (TPSA) is 29.5 Å². The smallest absolute Gasteiger partial charge is 0.386 e. The van der Waals surface area contributed by atoms with Crippen LogP contribution in [0.25, 0.3) is 0 Å². The van der Waals surface area contributed by atoms with E-state index in [9.17, 15) is 18.3 Å². The predicted molar refractivity (Wildman–Crippen MR) is 66.8 cm³/mol. The number of alkyl halides is 3. The van der Waals surface area contributed by atoms with Gasteiger partial charge in [0.2, 0.25) is 0 Å². The molecule has 0 bridgehead atoms. The number of aliphatic hydroxyl groups excluding tert-OH is 1. The molecular weight excluding hydrogens is 257 g/mol. The first kappa shape index (κ1) is 16.0. The van der Waals surface area contributed by atoms with Crippen LogP contribution in [0.1, 0.15) is 43.1 Å². The zero-order valence-electron chi connectivity index (χ0n) is 11.3. The lowest BCUT2D eigenvalue weighted by molar-refractivity contribution is -0.137. The summed E-state index contributed by atoms with van der Waals surface area (Å²) in [6.07, 6.45) is -5.08. The molecule has 1 aromatic carbocycles. The highest BCUT2D eigenvalue weighted by atomic mass is 19.4. The summed E-state index contributed by atoms with van der Waals surface area (Å²) in [5.41, 5.74) is 0.194. The molecule has 1 rings (SSSR count). The van der Waals surface area contributed by atoms with E-state index in [0.29, 0.717) is 24.2 Å². The minimum atomic E-state index is -4.36. The average Bonchev–Trinajstić information content (AvgIpc) is 2.34. The first-order valence-electron chi connectivity index (χ1n) is 6.28. The van der Waals surface area contributed by atoms with Crippen molar-refractivity contribution in [3.05, 3.63) is 34.9 Å². The van der Waals surface area contributed by atoms with Gasteiger partial charge in [0.1, 0.15) is 6.10 Å². The van der Waals surface area contributed by atoms with E-state index in [1.165, 1.54) is 6.07 Å². The van der Waals surface area contributed by atoms with E-state index in [2.05, 4.69) is 0 Å². The Morgan fingerprint density at radius 3 is 2.32 bits per heavy atom. The van der Waals surface area contributed by atoms with Crippen molar-refractivity contribution in [3.63, 3.8) is 0 Å². The monoisotopic (exact) mass is 276 g/mol. The summed E-state index contributed by atoms with van der Waals surface area (Å²) in [6, 6.07) is 3.37. The van der Waals surface area contributed by atoms with Crippen molar-refractivity contribution in [3.8, 4) is 0 Å². The van der Waals surface area contributed by atoms with E-state index in [4.69, 9.17) is 4.74 Å². The molecule has 0 saturated carbocycles. The number of aliphatic hydroxyl groups is 1. The van der Waals surface area contributed by atoms with Gasteiger partial charge in [0.25, 0.3) is 0 Å². The molecular formula is C14H19F3O2. The Morgan fingerprint density at radius 2 is 1.89 bits per heavy atom. The molecule has 2 atom stereocenters. The lowest BCUT2D eigenvalue weighted by Gasteiger charge is -2.23. The Labute approximate surface area is 111 Å². The third kappa shape index (κ3) is 3.94. The number of halogens is 3. The van der Waals surface area contributed by atoms with Gasteiger partial charge >= 0.3 is 6.18 Å². The summed E-state index contributed by atoms with van der Waals surface area (Å²) in [6.45, 7) is 5.69. The maximum atomic E-state index is 12.6. The predicted octanol–water partition coefficient (Wildman–Crippen LogP) is 3.86. The van der Waals surface area contributed by atoms with Gasteiger partial charge in [-0.3, -0.25) is 0 Å². The van der Waals surface area contributed by atoms with Crippen molar-refractivity contribution in [1.82, 2.24) is 0 Å². The summed E-state index contributed by atoms with van der Waals surface area (Å²) >= 11 is 0. The zero-order chi connectivity index (χ0) is 14.6. The standard InChI is InChI=1S/C14H19F3O2/c1-4-12(19-5-2)13(18)11-7-6-10(8-9(11)3)14(15,16)17/h6-8,12-13,18H,4-5H2,1-3H3. The van der Waals surface area contributed by atoms with Crippen LogP contribution >= 0.6 is 0 Å². The first-order chi connectivity index (χ1) is 8.81. The fourth-order valence-corrected chi connectivity index (χ4v) is 2.03. The van der Waals surface area contributed by atoms with Crippen LogP contribution in [0.15, 0.2) is 18.2 Å². The zero-order valence-corrected chi connectivity index (χ0v) is 11.3. The Morgan fingerprint density at radius 1 is 1.26 bits per heavy atom. The molecule has 2 unspecified atom stereocenters. The second-order valence-electron chi connectivity index (χ2n) is 4.42. The van der Waals surface area contributed by atoms with Gasteiger partial charge < -0.3 is 9.84 Å². The quantitative estimate of drug-likeness (QED) is 0.884. The van der Waals surface area contributed by atoms with Crippen molar-refractivity contribution in [1.29, 1.82) is 0 Å². The Balaban J connectivity index is 3.02. The van der Waals surface area contributed by atoms with Gasteiger partial charge in [-0.1, -0.05) is 13.0 Å². The molecule has 0 heterocycles. The summed E-state index contributed by atoms with van der Waals surface area (Å²) in [4.78, 5) is 0. The van der Waals surface area contributed by atoms with Gasteiger partial charge in [-0.15, -0.1) is 0 Å². The van der Waals surface area contributed by atoms with Crippen molar-refractivity contribution in [2.75, 3.05) is 6.61 Å². The van der Waals surface area contributed by atoms with Crippen LogP contribution in [0.2, 0.25) is 0 Å². The molecule has 0 aliphatic heterocycles. The molecule has 0 aliphatic rings. The van der Waals surface area contributed by atoms with E-state index >= 15 is 0 Å². The third-order valence-electron chi connectivity index (χ3n) is 3.05. The molecule has 0 fully saturated rings. The van der Waals surface area contributed by atoms with E-state index < -0.39 is 23.9 Å². The molecule has 19 heavy (non-hydrogen) atoms. The Hall–Kier alpha value is -1.07. The van der Waals surface area contributed by atoms with Gasteiger partial charge in [0.05, 0.1) is 11.7 Å². The number of rotatable bonds is 5. The molecule has 108 valence electrons. The van der Waals surface area contributed by atoms with Crippen LogP contribution in [0.5, 0.6) is 0 Å². The molecule has 1 N–H and O–H groups in total. The number of aryl methyl sites for hydroxylation is 1. The fourth-order valence-electron chi connectivity index (χ4n) is 2.03. The maximum Gasteiger partial charge on any atom is 0.416 e. The second kappa shape index (κ2) is 6.39. The van der Waals surface area contributed by atoms with Crippen LogP contribution in [-0.2, 0) is 10.9 Å². The third-order valence-corrected chi connectivity index (χ3v) is 3.05. The largest absolute Gasteiger partial charge is 0.416 e. The molecule has 1 aromatic rings. The Bertz CT molecular complexity index is 416. The van der Waals surface area contributed by atoms with Crippen molar-refractivity contribution in [2.45, 2.75) is 45.6 Å². The molecule has 0 aliphatic carbocycles. The molecule has 0 spiro atoms. The number of hydrogen-bond donors (Lipinski definition) is 1. The number of ether oxygens (including phenoxy) is 1. The van der Waals surface area contributed by atoms with Crippen molar-refractivity contribution in [2.24, 2.45) is 0 Å². The van der Waals surface area contributed by atoms with Crippen LogP contribution < -0.4 is 0 Å². The first-order valence-corrected chi connectivity index (χ1v) is 6.28. The highest BCUT2D eigenvalue weighted by molar-refractivity contribution is 5.34. The SMILES string of the molecule is CCOC(CC)C(O)c1ccc(C(F)(F)F)cc1C. The molecule has 0 amide bonds. The molecule has 0 saturated heterocycles. The summed E-state index contributed by atoms with van der Waals surface area (Å²) in [7, 11) is 0. The van der Waals surface area contributed by atoms with Crippen molar-refractivity contribution < 1.29 is 23.0 Å². The number of hydrogen-bond acceptors (Lipinski definition) is 2. The lowest BCUT2D eigenvalue weighted by atomic mass is 9.96. The van der Waals surface area contributed by atoms with Gasteiger partial charge in [-0.2, -0.15) is 13.2 Å². The van der Waals surface area contributed by atoms with E-state index in [-0.39, 0.29) is 0 Å². The highest BCUT2D eigenvalue weighted by Gasteiger charge is 2.31. The van der Waals surface area contributed by atoms with Crippen LogP contribution in [0.4, 0.5) is 13.2 Å². The van der Waals surface area contributed by atoms with Crippen molar-refractivity contribution >= 4 is 0 Å². The number of benzene rings is 1. The maximum absolute atomic E-state index is 12.6. The Kier molecular flexibility index (Phi) is 5.38. The average molecular weight is 276 g/mol. The minimum absolute atomic E-state index is 0.402. The van der Waals surface area contributed by atoms with E-state index in [0.717, 1.165) is 12.1 Å². The van der Waals surface area contributed by atoms with Crippen LogP contribution in [0, 0.1) is 6.92 Å². The molecule has 0 radical (unpaired) electrons. The van der Waals surface area contributed by atoms with Crippen LogP contribution in [-0.4, -0.2) is 17.8 Å². The van der Waals surface area contributed by atoms with Gasteiger partial charge in [0, 0.05) is 6.61 Å². The van der Waals surface area contributed by atoms with E-state index in [1.54, 1.807) is 6.92 Å². The van der Waals surface area contributed by atoms with Crippen LogP contribution in [0.3, 0.4) is 0 Å². The normalized spacial score (nSPS) is 15.3. The summed E-state index contributed by atoms with van der Waals surface area (Å²) in [5.74, 6) is 0. The lowest BCUT2D eigenvalue weighted by Crippen LogP contribution is -2.22. The van der Waals surface area contributed by atoms with E-state index in [1.807, 2.05) is 13.8 Å². The molecule has 5 heteroatoms. The highest BCUT2D eigenvalue weighted by Crippen LogP contribution is 2.32. The minimum Gasteiger partial charge on any atom is -0.386 e. The molecule has 0 aromatic heterocycles. The second-order valence-corrected chi connectivity index (χ2v) is 4.42. The summed E-state index contributed by atoms with van der Waals surface area (Å²) in [5, 5.41) is 10.2. The molecule has 2 nitrogen and oxygen atoms in total. The van der Waals surface area contributed by atoms with Gasteiger partial charge in [-0.05, 0) is 43.5 Å². The van der Waals surface area contributed by atoms with Gasteiger partial charge in [0.15, 0.2) is 0 Å². The van der Waals surface area contributed by atoms with Gasteiger partial charge in [-0.25, -0.2) is 0 Å².